The van der Waals surface area contributed by atoms with Crippen LogP contribution in [0.4, 0.5) is 5.69 Å². The molecule has 0 aliphatic carbocycles. The van der Waals surface area contributed by atoms with Crippen molar-refractivity contribution < 1.29 is 4.79 Å². The van der Waals surface area contributed by atoms with Gasteiger partial charge in [-0.1, -0.05) is 43.3 Å². The van der Waals surface area contributed by atoms with Crippen molar-refractivity contribution in [1.29, 1.82) is 0 Å². The van der Waals surface area contributed by atoms with E-state index in [0.29, 0.717) is 22.7 Å². The molecule has 2 N–H and O–H groups in total. The van der Waals surface area contributed by atoms with Gasteiger partial charge >= 0.3 is 0 Å². The third kappa shape index (κ3) is 4.72. The van der Waals surface area contributed by atoms with Gasteiger partial charge in [0, 0.05) is 17.9 Å². The summed E-state index contributed by atoms with van der Waals surface area (Å²) in [7, 11) is 0. The summed E-state index contributed by atoms with van der Waals surface area (Å²) in [6, 6.07) is 5.97. The van der Waals surface area contributed by atoms with Gasteiger partial charge in [0.25, 0.3) is 5.56 Å². The van der Waals surface area contributed by atoms with Gasteiger partial charge < -0.3 is 10.3 Å². The van der Waals surface area contributed by atoms with Crippen LogP contribution in [-0.4, -0.2) is 26.2 Å². The summed E-state index contributed by atoms with van der Waals surface area (Å²) in [4.78, 5) is 33.3. The number of nitrogens with zero attached hydrogens (tertiary/aromatic N) is 2. The normalized spacial score (nSPS) is 11.4. The number of hydrogen-bond acceptors (Lipinski definition) is 4. The molecular formula is C22H28N4O2S. The van der Waals surface area contributed by atoms with E-state index in [9.17, 15) is 9.59 Å². The lowest BCUT2D eigenvalue weighted by Crippen LogP contribution is -2.26. The van der Waals surface area contributed by atoms with Gasteiger partial charge in [-0.2, -0.15) is 0 Å². The SMILES string of the molecule is Cc1cc(C)c(NC(=O)CSc2nc3cc(C)[nH]c3c(=O)n2CC(C)C)c(C)c1. The predicted octanol–water partition coefficient (Wildman–Crippen LogP) is 4.35. The van der Waals surface area contributed by atoms with Crippen molar-refractivity contribution in [3.05, 3.63) is 50.9 Å². The van der Waals surface area contributed by atoms with E-state index in [2.05, 4.69) is 41.3 Å². The van der Waals surface area contributed by atoms with Crippen LogP contribution in [0.5, 0.6) is 0 Å². The lowest BCUT2D eigenvalue weighted by molar-refractivity contribution is -0.113. The van der Waals surface area contributed by atoms with Gasteiger partial charge in [0.15, 0.2) is 5.16 Å². The van der Waals surface area contributed by atoms with Crippen LogP contribution in [0.25, 0.3) is 11.0 Å². The van der Waals surface area contributed by atoms with Gasteiger partial charge in [0.05, 0.1) is 11.3 Å². The first-order valence-electron chi connectivity index (χ1n) is 9.76. The van der Waals surface area contributed by atoms with Crippen molar-refractivity contribution in [1.82, 2.24) is 14.5 Å². The molecule has 0 aliphatic heterocycles. The van der Waals surface area contributed by atoms with Crippen LogP contribution in [0, 0.1) is 33.6 Å². The van der Waals surface area contributed by atoms with Gasteiger partial charge in [-0.3, -0.25) is 14.2 Å². The van der Waals surface area contributed by atoms with Gasteiger partial charge in [0.2, 0.25) is 5.91 Å². The summed E-state index contributed by atoms with van der Waals surface area (Å²) < 4.78 is 1.67. The number of carbonyl (C=O) groups excluding carboxylic acids is 1. The molecule has 7 heteroatoms. The summed E-state index contributed by atoms with van der Waals surface area (Å²) in [5, 5.41) is 3.58. The minimum Gasteiger partial charge on any atom is -0.353 e. The van der Waals surface area contributed by atoms with E-state index < -0.39 is 0 Å². The summed E-state index contributed by atoms with van der Waals surface area (Å²) in [5.41, 5.74) is 6.06. The molecule has 0 atom stereocenters. The van der Waals surface area contributed by atoms with Crippen molar-refractivity contribution in [2.45, 2.75) is 53.2 Å². The Morgan fingerprint density at radius 3 is 2.45 bits per heavy atom. The van der Waals surface area contributed by atoms with Crippen molar-refractivity contribution in [3.63, 3.8) is 0 Å². The quantitative estimate of drug-likeness (QED) is 0.466. The van der Waals surface area contributed by atoms with Crippen molar-refractivity contribution >= 4 is 34.4 Å². The molecule has 0 radical (unpaired) electrons. The first-order chi connectivity index (χ1) is 13.7. The fourth-order valence-electron chi connectivity index (χ4n) is 3.53. The molecule has 0 saturated carbocycles. The Morgan fingerprint density at radius 1 is 1.17 bits per heavy atom. The lowest BCUT2D eigenvalue weighted by Gasteiger charge is -2.15. The largest absolute Gasteiger partial charge is 0.353 e. The molecule has 154 valence electrons. The summed E-state index contributed by atoms with van der Waals surface area (Å²) in [5.74, 6) is 0.362. The van der Waals surface area contributed by atoms with Crippen LogP contribution in [0.3, 0.4) is 0 Å². The molecule has 3 aromatic rings. The Bertz CT molecular complexity index is 1100. The number of aromatic amines is 1. The number of thioether (sulfide) groups is 1. The maximum atomic E-state index is 12.9. The number of carbonyl (C=O) groups is 1. The fraction of sp³-hybridized carbons (Fsp3) is 0.409. The maximum Gasteiger partial charge on any atom is 0.278 e. The zero-order chi connectivity index (χ0) is 21.3. The van der Waals surface area contributed by atoms with Crippen LogP contribution in [0.2, 0.25) is 0 Å². The van der Waals surface area contributed by atoms with E-state index >= 15 is 0 Å². The Hall–Kier alpha value is -2.54. The van der Waals surface area contributed by atoms with Crippen molar-refractivity contribution in [3.8, 4) is 0 Å². The van der Waals surface area contributed by atoms with Gasteiger partial charge in [0.1, 0.15) is 5.52 Å². The molecular weight excluding hydrogens is 384 g/mol. The standard InChI is InChI=1S/C22H28N4O2S/c1-12(2)10-26-21(28)20-17(9-16(6)23-20)24-22(26)29-11-18(27)25-19-14(4)7-13(3)8-15(19)5/h7-9,12,23H,10-11H2,1-6H3,(H,25,27). The molecule has 0 spiro atoms. The molecule has 1 amide bonds. The number of benzene rings is 1. The highest BCUT2D eigenvalue weighted by Gasteiger charge is 2.16. The topological polar surface area (TPSA) is 79.8 Å². The van der Waals surface area contributed by atoms with Crippen LogP contribution in [0.15, 0.2) is 28.2 Å². The number of rotatable bonds is 6. The monoisotopic (exact) mass is 412 g/mol. The zero-order valence-electron chi connectivity index (χ0n) is 17.8. The van der Waals surface area contributed by atoms with Gasteiger partial charge in [-0.25, -0.2) is 4.98 Å². The first kappa shape index (κ1) is 21.2. The first-order valence-corrected chi connectivity index (χ1v) is 10.7. The maximum absolute atomic E-state index is 12.9. The van der Waals surface area contributed by atoms with Crippen molar-refractivity contribution in [2.24, 2.45) is 5.92 Å². The van der Waals surface area contributed by atoms with Gasteiger partial charge in [-0.05, 0) is 50.8 Å². The third-order valence-corrected chi connectivity index (χ3v) is 5.64. The highest BCUT2D eigenvalue weighted by Crippen LogP contribution is 2.23. The van der Waals surface area contributed by atoms with E-state index in [0.717, 1.165) is 22.5 Å². The molecule has 2 heterocycles. The highest BCUT2D eigenvalue weighted by atomic mass is 32.2. The highest BCUT2D eigenvalue weighted by molar-refractivity contribution is 7.99. The fourth-order valence-corrected chi connectivity index (χ4v) is 4.34. The molecule has 6 nitrogen and oxygen atoms in total. The third-order valence-electron chi connectivity index (χ3n) is 4.66. The second-order valence-electron chi connectivity index (χ2n) is 8.03. The zero-order valence-corrected chi connectivity index (χ0v) is 18.7. The predicted molar refractivity (Wildman–Crippen MR) is 120 cm³/mol. The number of anilines is 1. The second-order valence-corrected chi connectivity index (χ2v) is 8.97. The van der Waals surface area contributed by atoms with E-state index in [4.69, 9.17) is 0 Å². The Kier molecular flexibility index (Phi) is 6.17. The number of H-pyrrole nitrogens is 1. The average Bonchev–Trinajstić information content (AvgIpc) is 2.99. The minimum atomic E-state index is -0.110. The Morgan fingerprint density at radius 2 is 1.83 bits per heavy atom. The number of nitrogens with one attached hydrogen (secondary N) is 2. The second kappa shape index (κ2) is 8.45. The average molecular weight is 413 g/mol. The van der Waals surface area contributed by atoms with E-state index in [1.165, 1.54) is 17.3 Å². The van der Waals surface area contributed by atoms with E-state index in [-0.39, 0.29) is 23.1 Å². The molecule has 1 aromatic carbocycles. The summed E-state index contributed by atoms with van der Waals surface area (Å²) in [6.45, 7) is 12.6. The summed E-state index contributed by atoms with van der Waals surface area (Å²) in [6.07, 6.45) is 0. The smallest absolute Gasteiger partial charge is 0.278 e. The molecule has 0 bridgehead atoms. The van der Waals surface area contributed by atoms with Crippen LogP contribution in [-0.2, 0) is 11.3 Å². The van der Waals surface area contributed by atoms with Crippen LogP contribution < -0.4 is 10.9 Å². The Labute approximate surface area is 175 Å². The molecule has 2 aromatic heterocycles. The van der Waals surface area contributed by atoms with Crippen LogP contribution in [0.1, 0.15) is 36.2 Å². The molecule has 29 heavy (non-hydrogen) atoms. The Balaban J connectivity index is 1.84. The summed E-state index contributed by atoms with van der Waals surface area (Å²) >= 11 is 1.30. The number of aryl methyl sites for hydroxylation is 4. The molecule has 0 aliphatic rings. The van der Waals surface area contributed by atoms with Crippen molar-refractivity contribution in [2.75, 3.05) is 11.1 Å². The number of hydrogen-bond donors (Lipinski definition) is 2. The molecule has 0 saturated heterocycles. The molecule has 0 fully saturated rings. The number of amides is 1. The number of fused-ring (bicyclic) bond motifs is 1. The van der Waals surface area contributed by atoms with Gasteiger partial charge in [-0.15, -0.1) is 0 Å². The van der Waals surface area contributed by atoms with E-state index in [1.807, 2.05) is 33.8 Å². The van der Waals surface area contributed by atoms with Crippen LogP contribution >= 0.6 is 11.8 Å². The molecule has 3 rings (SSSR count). The lowest BCUT2D eigenvalue weighted by atomic mass is 10.1. The van der Waals surface area contributed by atoms with E-state index in [1.54, 1.807) is 4.57 Å². The number of aromatic nitrogens is 3. The minimum absolute atomic E-state index is 0.0927. The molecule has 0 unspecified atom stereocenters.